The summed E-state index contributed by atoms with van der Waals surface area (Å²) in [6.07, 6.45) is 5.14. The van der Waals surface area contributed by atoms with Gasteiger partial charge in [-0.1, -0.05) is 25.0 Å². The van der Waals surface area contributed by atoms with E-state index in [-0.39, 0.29) is 6.03 Å². The standard InChI is InChI=1S/C16H22N2OS2/c19-16(17-11-12-4-1-2-5-12)18-14-7-3-6-13(10-14)15-20-8-9-21-15/h3,6-7,10,12,15H,1-2,4-5,8-9,11H2,(H2,17,18,19). The van der Waals surface area contributed by atoms with E-state index in [2.05, 4.69) is 22.8 Å². The second kappa shape index (κ2) is 7.45. The number of carbonyl (C=O) groups excluding carboxylic acids is 1. The quantitative estimate of drug-likeness (QED) is 0.859. The molecule has 0 bridgehead atoms. The molecule has 3 nitrogen and oxygen atoms in total. The first-order valence-corrected chi connectivity index (χ1v) is 9.79. The Kier molecular flexibility index (Phi) is 5.36. The largest absolute Gasteiger partial charge is 0.338 e. The summed E-state index contributed by atoms with van der Waals surface area (Å²) < 4.78 is 0.522. The lowest BCUT2D eigenvalue weighted by molar-refractivity contribution is 0.250. The van der Waals surface area contributed by atoms with E-state index < -0.39 is 0 Å². The average Bonchev–Trinajstić information content (AvgIpc) is 3.19. The van der Waals surface area contributed by atoms with Crippen molar-refractivity contribution in [3.8, 4) is 0 Å². The third kappa shape index (κ3) is 4.33. The maximum absolute atomic E-state index is 12.0. The van der Waals surface area contributed by atoms with Gasteiger partial charge in [0.05, 0.1) is 4.58 Å². The molecule has 2 N–H and O–H groups in total. The molecule has 1 aromatic rings. The summed E-state index contributed by atoms with van der Waals surface area (Å²) >= 11 is 3.97. The third-order valence-electron chi connectivity index (χ3n) is 4.06. The molecular formula is C16H22N2OS2. The molecule has 1 aliphatic carbocycles. The number of thioether (sulfide) groups is 2. The Bertz CT molecular complexity index is 483. The van der Waals surface area contributed by atoms with Crippen molar-refractivity contribution in [2.45, 2.75) is 30.3 Å². The Morgan fingerprint density at radius 1 is 1.19 bits per heavy atom. The molecule has 0 atom stereocenters. The summed E-state index contributed by atoms with van der Waals surface area (Å²) in [6, 6.07) is 8.17. The lowest BCUT2D eigenvalue weighted by Gasteiger charge is -2.13. The van der Waals surface area contributed by atoms with E-state index in [1.807, 2.05) is 35.7 Å². The summed E-state index contributed by atoms with van der Waals surface area (Å²) in [5.41, 5.74) is 2.20. The Balaban J connectivity index is 1.51. The fourth-order valence-electron chi connectivity index (χ4n) is 2.94. The predicted molar refractivity (Wildman–Crippen MR) is 93.1 cm³/mol. The van der Waals surface area contributed by atoms with Gasteiger partial charge in [0, 0.05) is 23.7 Å². The van der Waals surface area contributed by atoms with Crippen LogP contribution in [0.25, 0.3) is 0 Å². The Morgan fingerprint density at radius 3 is 2.71 bits per heavy atom. The molecule has 114 valence electrons. The second-order valence-electron chi connectivity index (χ2n) is 5.68. The van der Waals surface area contributed by atoms with Gasteiger partial charge in [-0.25, -0.2) is 4.79 Å². The van der Waals surface area contributed by atoms with E-state index >= 15 is 0 Å². The number of anilines is 1. The van der Waals surface area contributed by atoms with E-state index in [0.29, 0.717) is 10.5 Å². The van der Waals surface area contributed by atoms with Crippen LogP contribution in [-0.4, -0.2) is 24.1 Å². The molecule has 1 heterocycles. The fourth-order valence-corrected chi connectivity index (χ4v) is 5.78. The molecule has 2 fully saturated rings. The molecule has 2 amide bonds. The van der Waals surface area contributed by atoms with Gasteiger partial charge in [0.2, 0.25) is 0 Å². The summed E-state index contributed by atoms with van der Waals surface area (Å²) in [5, 5.41) is 5.96. The molecular weight excluding hydrogens is 300 g/mol. The van der Waals surface area contributed by atoms with Crippen LogP contribution in [0, 0.1) is 5.92 Å². The smallest absolute Gasteiger partial charge is 0.319 e. The van der Waals surface area contributed by atoms with Crippen LogP contribution in [0.3, 0.4) is 0 Å². The monoisotopic (exact) mass is 322 g/mol. The number of hydrogen-bond acceptors (Lipinski definition) is 3. The highest BCUT2D eigenvalue weighted by Crippen LogP contribution is 2.45. The van der Waals surface area contributed by atoms with Gasteiger partial charge in [-0.3, -0.25) is 0 Å². The molecule has 1 aromatic carbocycles. The van der Waals surface area contributed by atoms with Gasteiger partial charge in [0.1, 0.15) is 0 Å². The molecule has 5 heteroatoms. The number of hydrogen-bond donors (Lipinski definition) is 2. The van der Waals surface area contributed by atoms with E-state index in [9.17, 15) is 4.79 Å². The number of carbonyl (C=O) groups is 1. The van der Waals surface area contributed by atoms with Crippen molar-refractivity contribution < 1.29 is 4.79 Å². The predicted octanol–water partition coefficient (Wildman–Crippen LogP) is 4.48. The SMILES string of the molecule is O=C(NCC1CCCC1)Nc1cccc(C2SCCS2)c1. The Labute approximate surface area is 135 Å². The zero-order chi connectivity index (χ0) is 14.5. The van der Waals surface area contributed by atoms with E-state index in [1.165, 1.54) is 42.8 Å². The second-order valence-corrected chi connectivity index (χ2v) is 8.41. The topological polar surface area (TPSA) is 41.1 Å². The van der Waals surface area contributed by atoms with Gasteiger partial charge in [0.25, 0.3) is 0 Å². The van der Waals surface area contributed by atoms with Crippen LogP contribution in [0.5, 0.6) is 0 Å². The first-order chi connectivity index (χ1) is 10.3. The van der Waals surface area contributed by atoms with Crippen molar-refractivity contribution in [1.82, 2.24) is 5.32 Å². The van der Waals surface area contributed by atoms with Crippen molar-refractivity contribution in [1.29, 1.82) is 0 Å². The van der Waals surface area contributed by atoms with Gasteiger partial charge < -0.3 is 10.6 Å². The molecule has 0 radical (unpaired) electrons. The summed E-state index contributed by atoms with van der Waals surface area (Å²) in [5.74, 6) is 3.11. The van der Waals surface area contributed by atoms with Crippen LogP contribution in [0.1, 0.15) is 35.8 Å². The van der Waals surface area contributed by atoms with Crippen molar-refractivity contribution in [3.63, 3.8) is 0 Å². The van der Waals surface area contributed by atoms with Crippen LogP contribution in [0.2, 0.25) is 0 Å². The zero-order valence-electron chi connectivity index (χ0n) is 12.1. The van der Waals surface area contributed by atoms with Gasteiger partial charge in [-0.2, -0.15) is 0 Å². The van der Waals surface area contributed by atoms with Crippen LogP contribution in [0.4, 0.5) is 10.5 Å². The van der Waals surface area contributed by atoms with Gasteiger partial charge in [-0.05, 0) is 36.5 Å². The lowest BCUT2D eigenvalue weighted by Crippen LogP contribution is -2.32. The van der Waals surface area contributed by atoms with Gasteiger partial charge in [0.15, 0.2) is 0 Å². The minimum Gasteiger partial charge on any atom is -0.338 e. The van der Waals surface area contributed by atoms with Crippen molar-refractivity contribution in [3.05, 3.63) is 29.8 Å². The molecule has 2 aliphatic rings. The van der Waals surface area contributed by atoms with E-state index in [1.54, 1.807) is 0 Å². The first kappa shape index (κ1) is 15.1. The highest BCUT2D eigenvalue weighted by molar-refractivity contribution is 8.19. The summed E-state index contributed by atoms with van der Waals surface area (Å²) in [7, 11) is 0. The molecule has 0 spiro atoms. The van der Waals surface area contributed by atoms with Crippen molar-refractivity contribution in [2.75, 3.05) is 23.4 Å². The molecule has 1 saturated heterocycles. The average molecular weight is 322 g/mol. The summed E-state index contributed by atoms with van der Waals surface area (Å²) in [4.78, 5) is 12.0. The van der Waals surface area contributed by atoms with Crippen LogP contribution in [0.15, 0.2) is 24.3 Å². The Hall–Kier alpha value is -0.810. The number of amides is 2. The van der Waals surface area contributed by atoms with E-state index in [0.717, 1.165) is 12.2 Å². The van der Waals surface area contributed by atoms with Crippen LogP contribution in [-0.2, 0) is 0 Å². The molecule has 21 heavy (non-hydrogen) atoms. The number of rotatable bonds is 4. The number of urea groups is 1. The molecule has 0 unspecified atom stereocenters. The minimum atomic E-state index is -0.0780. The maximum Gasteiger partial charge on any atom is 0.319 e. The normalized spacial score (nSPS) is 19.8. The van der Waals surface area contributed by atoms with Gasteiger partial charge in [-0.15, -0.1) is 23.5 Å². The number of benzene rings is 1. The number of nitrogens with one attached hydrogen (secondary N) is 2. The highest BCUT2D eigenvalue weighted by atomic mass is 32.2. The molecule has 3 rings (SSSR count). The van der Waals surface area contributed by atoms with Crippen molar-refractivity contribution >= 4 is 35.2 Å². The van der Waals surface area contributed by atoms with Crippen LogP contribution < -0.4 is 10.6 Å². The summed E-state index contributed by atoms with van der Waals surface area (Å²) in [6.45, 7) is 0.805. The lowest BCUT2D eigenvalue weighted by atomic mass is 10.1. The molecule has 0 aromatic heterocycles. The Morgan fingerprint density at radius 2 is 1.95 bits per heavy atom. The third-order valence-corrected chi connectivity index (χ3v) is 7.17. The zero-order valence-corrected chi connectivity index (χ0v) is 13.8. The molecule has 1 aliphatic heterocycles. The minimum absolute atomic E-state index is 0.0780. The fraction of sp³-hybridized carbons (Fsp3) is 0.562. The van der Waals surface area contributed by atoms with Gasteiger partial charge >= 0.3 is 6.03 Å². The van der Waals surface area contributed by atoms with E-state index in [4.69, 9.17) is 0 Å². The van der Waals surface area contributed by atoms with Crippen LogP contribution >= 0.6 is 23.5 Å². The van der Waals surface area contributed by atoms with Crippen molar-refractivity contribution in [2.24, 2.45) is 5.92 Å². The highest BCUT2D eigenvalue weighted by Gasteiger charge is 2.19. The molecule has 1 saturated carbocycles. The first-order valence-electron chi connectivity index (χ1n) is 7.69. The maximum atomic E-state index is 12.0.